The van der Waals surface area contributed by atoms with Gasteiger partial charge in [0.05, 0.1) is 16.5 Å². The Kier molecular flexibility index (Phi) is 5.30. The average molecular weight is 476 g/mol. The quantitative estimate of drug-likeness (QED) is 0.394. The van der Waals surface area contributed by atoms with Crippen LogP contribution in [0.4, 0.5) is 22.0 Å². The zero-order chi connectivity index (χ0) is 24.0. The Morgan fingerprint density at radius 2 is 1.91 bits per heavy atom. The van der Waals surface area contributed by atoms with Crippen molar-refractivity contribution in [3.05, 3.63) is 81.0 Å². The van der Waals surface area contributed by atoms with Gasteiger partial charge in [-0.3, -0.25) is 9.36 Å². The Hall–Kier alpha value is -4.16. The first-order chi connectivity index (χ1) is 16.4. The molecule has 0 amide bonds. The molecule has 10 heteroatoms. The van der Waals surface area contributed by atoms with Crippen LogP contribution in [0.25, 0.3) is 16.5 Å². The van der Waals surface area contributed by atoms with Gasteiger partial charge >= 0.3 is 0 Å². The lowest BCUT2D eigenvalue weighted by Gasteiger charge is -2.25. The molecule has 1 aliphatic rings. The average Bonchev–Trinajstić information content (AvgIpc) is 3.63. The van der Waals surface area contributed by atoms with Crippen molar-refractivity contribution in [3.63, 3.8) is 0 Å². The molecule has 8 nitrogen and oxygen atoms in total. The van der Waals surface area contributed by atoms with E-state index in [0.29, 0.717) is 27.2 Å². The summed E-state index contributed by atoms with van der Waals surface area (Å²) in [6.07, 6.45) is 1.81. The Morgan fingerprint density at radius 3 is 2.59 bits per heavy atom. The SMILES string of the molecule is N#Cc1c(N)nc(N)nc1N[C@H](c1cc2cccc(Cl)c2c(=O)n1-c1ccc(F)cc1)C1CC1. The summed E-state index contributed by atoms with van der Waals surface area (Å²) < 4.78 is 15.2. The van der Waals surface area contributed by atoms with Crippen LogP contribution in [0.5, 0.6) is 0 Å². The lowest BCUT2D eigenvalue weighted by molar-refractivity contribution is 0.622. The summed E-state index contributed by atoms with van der Waals surface area (Å²) in [6, 6.07) is 14.4. The maximum atomic E-state index is 13.7. The highest BCUT2D eigenvalue weighted by molar-refractivity contribution is 6.35. The van der Waals surface area contributed by atoms with Crippen molar-refractivity contribution in [2.45, 2.75) is 18.9 Å². The van der Waals surface area contributed by atoms with Gasteiger partial charge in [0.2, 0.25) is 5.95 Å². The first-order valence-corrected chi connectivity index (χ1v) is 10.9. The Labute approximate surface area is 198 Å². The van der Waals surface area contributed by atoms with Crippen LogP contribution in [0.2, 0.25) is 5.02 Å². The number of aromatic nitrogens is 3. The van der Waals surface area contributed by atoms with Gasteiger partial charge in [0, 0.05) is 11.4 Å². The molecule has 0 saturated heterocycles. The van der Waals surface area contributed by atoms with Crippen LogP contribution >= 0.6 is 11.6 Å². The third-order valence-electron chi connectivity index (χ3n) is 5.88. The van der Waals surface area contributed by atoms with E-state index in [4.69, 9.17) is 23.1 Å². The third-order valence-corrected chi connectivity index (χ3v) is 6.19. The highest BCUT2D eigenvalue weighted by Crippen LogP contribution is 2.44. The Bertz CT molecular complexity index is 1520. The van der Waals surface area contributed by atoms with Gasteiger partial charge in [0.1, 0.15) is 23.3 Å². The maximum absolute atomic E-state index is 13.7. The Morgan fingerprint density at radius 1 is 1.18 bits per heavy atom. The van der Waals surface area contributed by atoms with Crippen molar-refractivity contribution in [1.82, 2.24) is 14.5 Å². The van der Waals surface area contributed by atoms with Crippen LogP contribution in [0.1, 0.15) is 30.1 Å². The maximum Gasteiger partial charge on any atom is 0.264 e. The summed E-state index contributed by atoms with van der Waals surface area (Å²) in [4.78, 5) is 21.8. The first kappa shape index (κ1) is 21.7. The molecular formula is C24H19ClFN7O. The number of nitrogens with two attached hydrogens (primary N) is 2. The lowest BCUT2D eigenvalue weighted by atomic mass is 10.0. The van der Waals surface area contributed by atoms with Crippen molar-refractivity contribution in [2.24, 2.45) is 5.92 Å². The van der Waals surface area contributed by atoms with Crippen molar-refractivity contribution >= 4 is 40.0 Å². The second-order valence-electron chi connectivity index (χ2n) is 8.15. The van der Waals surface area contributed by atoms with E-state index in [1.807, 2.05) is 18.2 Å². The molecule has 2 aromatic carbocycles. The molecule has 2 aromatic heterocycles. The number of fused-ring (bicyclic) bond motifs is 1. The number of hydrogen-bond donors (Lipinski definition) is 3. The largest absolute Gasteiger partial charge is 0.382 e. The number of nitrogen functional groups attached to an aromatic ring is 2. The van der Waals surface area contributed by atoms with E-state index in [0.717, 1.165) is 12.8 Å². The predicted molar refractivity (Wildman–Crippen MR) is 129 cm³/mol. The Balaban J connectivity index is 1.76. The molecule has 1 aliphatic carbocycles. The van der Waals surface area contributed by atoms with E-state index < -0.39 is 11.9 Å². The number of hydrogen-bond acceptors (Lipinski definition) is 7. The van der Waals surface area contributed by atoms with E-state index in [-0.39, 0.29) is 34.6 Å². The van der Waals surface area contributed by atoms with Gasteiger partial charge in [-0.2, -0.15) is 15.2 Å². The highest BCUT2D eigenvalue weighted by Gasteiger charge is 2.36. The zero-order valence-electron chi connectivity index (χ0n) is 17.8. The number of anilines is 3. The van der Waals surface area contributed by atoms with Crippen molar-refractivity contribution < 1.29 is 4.39 Å². The first-order valence-electron chi connectivity index (χ1n) is 10.6. The number of benzene rings is 2. The van der Waals surface area contributed by atoms with Crippen LogP contribution in [0.15, 0.2) is 53.3 Å². The summed E-state index contributed by atoms with van der Waals surface area (Å²) in [5, 5.41) is 14.2. The molecule has 5 N–H and O–H groups in total. The molecule has 170 valence electrons. The smallest absolute Gasteiger partial charge is 0.264 e. The standard InChI is InChI=1S/C24H19ClFN7O/c25-17-3-1-2-13-10-18(33(23(34)19(13)17)15-8-6-14(26)7-9-15)20(12-4-5-12)30-22-16(11-27)21(28)31-24(29)32-22/h1-3,6-10,12,20H,4-5H2,(H5,28,29,30,31,32)/t20-/m0/s1. The third kappa shape index (κ3) is 3.78. The van der Waals surface area contributed by atoms with Crippen molar-refractivity contribution in [3.8, 4) is 11.8 Å². The van der Waals surface area contributed by atoms with Gasteiger partial charge in [0.15, 0.2) is 5.82 Å². The molecule has 1 atom stereocenters. The minimum Gasteiger partial charge on any atom is -0.382 e. The van der Waals surface area contributed by atoms with E-state index in [2.05, 4.69) is 15.3 Å². The van der Waals surface area contributed by atoms with Gasteiger partial charge < -0.3 is 16.8 Å². The minimum absolute atomic E-state index is 0.0340. The van der Waals surface area contributed by atoms with E-state index in [9.17, 15) is 14.4 Å². The second kappa shape index (κ2) is 8.32. The molecule has 0 unspecified atom stereocenters. The highest BCUT2D eigenvalue weighted by atomic mass is 35.5. The summed E-state index contributed by atoms with van der Waals surface area (Å²) in [5.41, 5.74) is 12.5. The second-order valence-corrected chi connectivity index (χ2v) is 8.56. The molecule has 34 heavy (non-hydrogen) atoms. The fraction of sp³-hybridized carbons (Fsp3) is 0.167. The minimum atomic E-state index is -0.417. The molecule has 0 spiro atoms. The fourth-order valence-corrected chi connectivity index (χ4v) is 4.41. The van der Waals surface area contributed by atoms with Crippen LogP contribution in [-0.2, 0) is 0 Å². The number of rotatable bonds is 5. The summed E-state index contributed by atoms with van der Waals surface area (Å²) in [7, 11) is 0. The van der Waals surface area contributed by atoms with Gasteiger partial charge in [-0.15, -0.1) is 0 Å². The van der Waals surface area contributed by atoms with Gasteiger partial charge in [0.25, 0.3) is 5.56 Å². The molecular weight excluding hydrogens is 457 g/mol. The van der Waals surface area contributed by atoms with Gasteiger partial charge in [-0.25, -0.2) is 4.39 Å². The van der Waals surface area contributed by atoms with Crippen LogP contribution in [-0.4, -0.2) is 14.5 Å². The zero-order valence-corrected chi connectivity index (χ0v) is 18.6. The monoisotopic (exact) mass is 475 g/mol. The summed E-state index contributed by atoms with van der Waals surface area (Å²) in [6.45, 7) is 0. The summed E-state index contributed by atoms with van der Waals surface area (Å²) >= 11 is 6.39. The molecule has 1 saturated carbocycles. The van der Waals surface area contributed by atoms with Crippen LogP contribution in [0.3, 0.4) is 0 Å². The number of nitriles is 1. The molecule has 0 aliphatic heterocycles. The number of nitrogens with zero attached hydrogens (tertiary/aromatic N) is 4. The van der Waals surface area contributed by atoms with E-state index >= 15 is 0 Å². The normalized spacial score (nSPS) is 14.0. The molecule has 2 heterocycles. The predicted octanol–water partition coefficient (Wildman–Crippen LogP) is 4.17. The molecule has 1 fully saturated rings. The van der Waals surface area contributed by atoms with E-state index in [1.54, 1.807) is 12.1 Å². The van der Waals surface area contributed by atoms with Crippen molar-refractivity contribution in [1.29, 1.82) is 5.26 Å². The lowest BCUT2D eigenvalue weighted by Crippen LogP contribution is -2.28. The fourth-order valence-electron chi connectivity index (χ4n) is 4.15. The topological polar surface area (TPSA) is 136 Å². The van der Waals surface area contributed by atoms with E-state index in [1.165, 1.54) is 28.8 Å². The number of nitrogens with one attached hydrogen (secondary N) is 1. The number of pyridine rings is 1. The van der Waals surface area contributed by atoms with Crippen LogP contribution in [0, 0.1) is 23.1 Å². The molecule has 4 aromatic rings. The summed E-state index contributed by atoms with van der Waals surface area (Å²) in [5.74, 6) is -0.178. The van der Waals surface area contributed by atoms with Crippen molar-refractivity contribution in [2.75, 3.05) is 16.8 Å². The van der Waals surface area contributed by atoms with Gasteiger partial charge in [-0.1, -0.05) is 23.7 Å². The molecule has 0 bridgehead atoms. The van der Waals surface area contributed by atoms with Crippen LogP contribution < -0.4 is 22.3 Å². The molecule has 5 rings (SSSR count). The van der Waals surface area contributed by atoms with Gasteiger partial charge in [-0.05, 0) is 60.5 Å². The molecule has 0 radical (unpaired) electrons. The number of halogens is 2.